The molecule has 4 nitrogen and oxygen atoms in total. The Bertz CT molecular complexity index is 445. The molecule has 0 saturated heterocycles. The molecule has 0 saturated carbocycles. The van der Waals surface area contributed by atoms with E-state index in [0.717, 1.165) is 0 Å². The molecule has 0 aliphatic rings. The Hall–Kier alpha value is -1.67. The number of nitrogens with zero attached hydrogens (tertiary/aromatic N) is 1. The average molecular weight is 208 g/mol. The third-order valence-electron chi connectivity index (χ3n) is 1.53. The van der Waals surface area contributed by atoms with Gasteiger partial charge in [0.1, 0.15) is 16.4 Å². The second-order valence-corrected chi connectivity index (χ2v) is 2.86. The molecule has 1 N–H and O–H groups in total. The Morgan fingerprint density at radius 1 is 1.71 bits per heavy atom. The van der Waals surface area contributed by atoms with Gasteiger partial charge in [0, 0.05) is 0 Å². The predicted molar refractivity (Wildman–Crippen MR) is 52.3 cm³/mol. The standard InChI is InChI=1S/C9H8N2O2S/c1-2-13-9(12)7-4-3-6(5-10)11-8(7)14/h3-4H,2H2,1H3,(H,11,14). The fourth-order valence-electron chi connectivity index (χ4n) is 0.908. The molecule has 0 atom stereocenters. The van der Waals surface area contributed by atoms with Crippen molar-refractivity contribution in [1.29, 1.82) is 5.26 Å². The van der Waals surface area contributed by atoms with E-state index in [1.807, 2.05) is 6.07 Å². The summed E-state index contributed by atoms with van der Waals surface area (Å²) in [5.74, 6) is -0.474. The van der Waals surface area contributed by atoms with Crippen LogP contribution in [0.4, 0.5) is 0 Å². The summed E-state index contributed by atoms with van der Waals surface area (Å²) in [5, 5.41) is 8.55. The van der Waals surface area contributed by atoms with Crippen molar-refractivity contribution in [3.8, 4) is 6.07 Å². The molecule has 14 heavy (non-hydrogen) atoms. The van der Waals surface area contributed by atoms with E-state index in [0.29, 0.717) is 12.3 Å². The molecule has 1 aromatic heterocycles. The highest BCUT2D eigenvalue weighted by Gasteiger charge is 2.08. The number of carbonyl (C=O) groups is 1. The molecule has 0 radical (unpaired) electrons. The lowest BCUT2D eigenvalue weighted by molar-refractivity contribution is 0.0525. The number of nitrogens with one attached hydrogen (secondary N) is 1. The van der Waals surface area contributed by atoms with Crippen molar-refractivity contribution in [3.63, 3.8) is 0 Å². The lowest BCUT2D eigenvalue weighted by Gasteiger charge is -2.01. The smallest absolute Gasteiger partial charge is 0.341 e. The highest BCUT2D eigenvalue weighted by atomic mass is 32.1. The van der Waals surface area contributed by atoms with Crippen molar-refractivity contribution >= 4 is 18.2 Å². The maximum atomic E-state index is 11.3. The first-order valence-electron chi connectivity index (χ1n) is 3.99. The van der Waals surface area contributed by atoms with Crippen molar-refractivity contribution in [2.45, 2.75) is 6.92 Å². The third kappa shape index (κ3) is 2.18. The summed E-state index contributed by atoms with van der Waals surface area (Å²) in [4.78, 5) is 13.9. The van der Waals surface area contributed by atoms with Gasteiger partial charge in [0.15, 0.2) is 0 Å². The van der Waals surface area contributed by atoms with Gasteiger partial charge in [-0.25, -0.2) is 4.79 Å². The molecule has 0 amide bonds. The Morgan fingerprint density at radius 2 is 2.43 bits per heavy atom. The van der Waals surface area contributed by atoms with Crippen LogP contribution in [0.5, 0.6) is 0 Å². The quantitative estimate of drug-likeness (QED) is 0.594. The molecule has 0 unspecified atom stereocenters. The third-order valence-corrected chi connectivity index (χ3v) is 1.85. The molecular formula is C9H8N2O2S. The van der Waals surface area contributed by atoms with Crippen molar-refractivity contribution in [3.05, 3.63) is 28.0 Å². The van der Waals surface area contributed by atoms with Gasteiger partial charge in [0.25, 0.3) is 0 Å². The van der Waals surface area contributed by atoms with E-state index >= 15 is 0 Å². The molecule has 0 aliphatic carbocycles. The Balaban J connectivity index is 3.08. The number of hydrogen-bond donors (Lipinski definition) is 1. The van der Waals surface area contributed by atoms with Crippen LogP contribution in [0.3, 0.4) is 0 Å². The molecule has 1 heterocycles. The summed E-state index contributed by atoms with van der Waals surface area (Å²) in [7, 11) is 0. The minimum Gasteiger partial charge on any atom is -0.462 e. The lowest BCUT2D eigenvalue weighted by Crippen LogP contribution is -2.06. The van der Waals surface area contributed by atoms with Crippen LogP contribution in [0.15, 0.2) is 12.1 Å². The highest BCUT2D eigenvalue weighted by molar-refractivity contribution is 7.71. The lowest BCUT2D eigenvalue weighted by atomic mass is 10.2. The van der Waals surface area contributed by atoms with Gasteiger partial charge >= 0.3 is 5.97 Å². The minimum absolute atomic E-state index is 0.225. The zero-order valence-electron chi connectivity index (χ0n) is 7.53. The van der Waals surface area contributed by atoms with E-state index in [1.165, 1.54) is 12.1 Å². The minimum atomic E-state index is -0.474. The number of hydrogen-bond acceptors (Lipinski definition) is 4. The molecule has 0 fully saturated rings. The average Bonchev–Trinajstić information content (AvgIpc) is 2.17. The zero-order valence-corrected chi connectivity index (χ0v) is 8.35. The maximum absolute atomic E-state index is 11.3. The Kier molecular flexibility index (Phi) is 3.37. The molecule has 0 spiro atoms. The van der Waals surface area contributed by atoms with E-state index in [1.54, 1.807) is 6.92 Å². The van der Waals surface area contributed by atoms with Crippen LogP contribution in [-0.4, -0.2) is 17.6 Å². The van der Waals surface area contributed by atoms with Crippen LogP contribution >= 0.6 is 12.2 Å². The summed E-state index contributed by atoms with van der Waals surface area (Å²) in [6.45, 7) is 2.02. The fourth-order valence-corrected chi connectivity index (χ4v) is 1.17. The van der Waals surface area contributed by atoms with Crippen molar-refractivity contribution in [2.75, 3.05) is 6.61 Å². The Labute approximate surface area is 86.1 Å². The summed E-state index contributed by atoms with van der Waals surface area (Å²) >= 11 is 4.89. The van der Waals surface area contributed by atoms with E-state index in [9.17, 15) is 4.79 Å². The summed E-state index contributed by atoms with van der Waals surface area (Å²) in [6, 6.07) is 4.86. The highest BCUT2D eigenvalue weighted by Crippen LogP contribution is 2.04. The number of aromatic nitrogens is 1. The van der Waals surface area contributed by atoms with Crippen LogP contribution in [-0.2, 0) is 4.74 Å². The molecule has 1 rings (SSSR count). The number of ether oxygens (including phenoxy) is 1. The van der Waals surface area contributed by atoms with Crippen LogP contribution in [0, 0.1) is 16.0 Å². The normalized spacial score (nSPS) is 9.14. The number of carbonyl (C=O) groups excluding carboxylic acids is 1. The monoisotopic (exact) mass is 208 g/mol. The van der Waals surface area contributed by atoms with Gasteiger partial charge in [0.05, 0.1) is 12.2 Å². The number of H-pyrrole nitrogens is 1. The zero-order chi connectivity index (χ0) is 10.6. The largest absolute Gasteiger partial charge is 0.462 e. The molecule has 1 aromatic rings. The number of esters is 1. The number of nitriles is 1. The Morgan fingerprint density at radius 3 is 2.93 bits per heavy atom. The summed E-state index contributed by atoms with van der Waals surface area (Å²) in [5.41, 5.74) is 0.601. The number of rotatable bonds is 2. The van der Waals surface area contributed by atoms with Gasteiger partial charge < -0.3 is 9.72 Å². The van der Waals surface area contributed by atoms with Crippen LogP contribution < -0.4 is 0 Å². The number of aromatic amines is 1. The van der Waals surface area contributed by atoms with Crippen molar-refractivity contribution in [2.24, 2.45) is 0 Å². The summed E-state index contributed by atoms with van der Waals surface area (Å²) in [6.07, 6.45) is 0. The van der Waals surface area contributed by atoms with E-state index < -0.39 is 5.97 Å². The van der Waals surface area contributed by atoms with Gasteiger partial charge in [-0.3, -0.25) is 0 Å². The van der Waals surface area contributed by atoms with Gasteiger partial charge in [-0.15, -0.1) is 0 Å². The predicted octanol–water partition coefficient (Wildman–Crippen LogP) is 1.79. The van der Waals surface area contributed by atoms with E-state index in [2.05, 4.69) is 4.98 Å². The van der Waals surface area contributed by atoms with Gasteiger partial charge in [0.2, 0.25) is 0 Å². The summed E-state index contributed by atoms with van der Waals surface area (Å²) < 4.78 is 5.00. The van der Waals surface area contributed by atoms with Crippen LogP contribution in [0.2, 0.25) is 0 Å². The second kappa shape index (κ2) is 4.53. The maximum Gasteiger partial charge on any atom is 0.341 e. The molecule has 0 bridgehead atoms. The topological polar surface area (TPSA) is 65.9 Å². The van der Waals surface area contributed by atoms with Gasteiger partial charge in [-0.1, -0.05) is 12.2 Å². The molecule has 72 valence electrons. The van der Waals surface area contributed by atoms with Crippen molar-refractivity contribution < 1.29 is 9.53 Å². The SMILES string of the molecule is CCOC(=O)c1ccc(C#N)[nH]c1=S. The van der Waals surface area contributed by atoms with Crippen molar-refractivity contribution in [1.82, 2.24) is 4.98 Å². The number of pyridine rings is 1. The van der Waals surface area contributed by atoms with Gasteiger partial charge in [-0.05, 0) is 19.1 Å². The molecular weight excluding hydrogens is 200 g/mol. The second-order valence-electron chi connectivity index (χ2n) is 2.45. The first kappa shape index (κ1) is 10.4. The first-order valence-corrected chi connectivity index (χ1v) is 4.40. The van der Waals surface area contributed by atoms with Crippen LogP contribution in [0.1, 0.15) is 23.0 Å². The molecule has 5 heteroatoms. The fraction of sp³-hybridized carbons (Fsp3) is 0.222. The van der Waals surface area contributed by atoms with E-state index in [4.69, 9.17) is 22.2 Å². The van der Waals surface area contributed by atoms with Gasteiger partial charge in [-0.2, -0.15) is 5.26 Å². The first-order chi connectivity index (χ1) is 6.69. The molecule has 0 aromatic carbocycles. The van der Waals surface area contributed by atoms with Crippen LogP contribution in [0.25, 0.3) is 0 Å². The molecule has 0 aliphatic heterocycles. The van der Waals surface area contributed by atoms with E-state index in [-0.39, 0.29) is 10.2 Å².